The van der Waals surface area contributed by atoms with E-state index in [4.69, 9.17) is 9.84 Å². The third-order valence-electron chi connectivity index (χ3n) is 2.39. The molecular formula is C12H14FNO4. The van der Waals surface area contributed by atoms with Gasteiger partial charge in [-0.25, -0.2) is 14.0 Å². The molecule has 0 heterocycles. The highest BCUT2D eigenvalue weighted by atomic mass is 19.1. The predicted octanol–water partition coefficient (Wildman–Crippen LogP) is 1.68. The third kappa shape index (κ3) is 3.73. The molecule has 1 aromatic rings. The quantitative estimate of drug-likeness (QED) is 0.869. The van der Waals surface area contributed by atoms with Crippen molar-refractivity contribution in [3.05, 3.63) is 35.9 Å². The Bertz CT molecular complexity index is 410. The van der Waals surface area contributed by atoms with Crippen molar-refractivity contribution < 1.29 is 23.8 Å². The molecule has 1 atom stereocenters. The number of alkyl halides is 1. The first kappa shape index (κ1) is 14.0. The van der Waals surface area contributed by atoms with Crippen LogP contribution in [0, 0.1) is 0 Å². The fraction of sp³-hybridized carbons (Fsp3) is 0.333. The summed E-state index contributed by atoms with van der Waals surface area (Å²) in [5.41, 5.74) is 0.770. The van der Waals surface area contributed by atoms with E-state index in [0.717, 1.165) is 10.5 Å². The van der Waals surface area contributed by atoms with Gasteiger partial charge in [-0.15, -0.1) is 0 Å². The van der Waals surface area contributed by atoms with E-state index in [1.54, 1.807) is 24.3 Å². The van der Waals surface area contributed by atoms with E-state index in [-0.39, 0.29) is 6.61 Å². The van der Waals surface area contributed by atoms with Crippen molar-refractivity contribution >= 4 is 12.1 Å². The van der Waals surface area contributed by atoms with Gasteiger partial charge in [0.15, 0.2) is 6.04 Å². The van der Waals surface area contributed by atoms with Crippen LogP contribution in [0.2, 0.25) is 0 Å². The van der Waals surface area contributed by atoms with Crippen LogP contribution in [-0.4, -0.2) is 41.8 Å². The van der Waals surface area contributed by atoms with Crippen molar-refractivity contribution in [3.8, 4) is 0 Å². The highest BCUT2D eigenvalue weighted by Gasteiger charge is 2.27. The molecule has 0 aliphatic rings. The van der Waals surface area contributed by atoms with Crippen LogP contribution in [0.1, 0.15) is 5.56 Å². The monoisotopic (exact) mass is 255 g/mol. The molecule has 5 nitrogen and oxygen atoms in total. The molecular weight excluding hydrogens is 241 g/mol. The van der Waals surface area contributed by atoms with Gasteiger partial charge in [-0.1, -0.05) is 30.3 Å². The summed E-state index contributed by atoms with van der Waals surface area (Å²) in [5.74, 6) is -1.41. The number of halogens is 1. The topological polar surface area (TPSA) is 66.8 Å². The van der Waals surface area contributed by atoms with Crippen LogP contribution in [0.25, 0.3) is 0 Å². The van der Waals surface area contributed by atoms with Crippen molar-refractivity contribution in [3.63, 3.8) is 0 Å². The molecule has 0 bridgehead atoms. The van der Waals surface area contributed by atoms with Gasteiger partial charge in [0.25, 0.3) is 0 Å². The smallest absolute Gasteiger partial charge is 0.410 e. The molecule has 1 aromatic carbocycles. The fourth-order valence-corrected chi connectivity index (χ4v) is 1.28. The summed E-state index contributed by atoms with van der Waals surface area (Å²) in [6.45, 7) is -1.14. The van der Waals surface area contributed by atoms with Crippen molar-refractivity contribution in [2.24, 2.45) is 0 Å². The maximum atomic E-state index is 12.5. The first-order chi connectivity index (χ1) is 8.56. The second-order valence-electron chi connectivity index (χ2n) is 3.66. The van der Waals surface area contributed by atoms with Crippen molar-refractivity contribution in [1.82, 2.24) is 4.90 Å². The lowest BCUT2D eigenvalue weighted by Crippen LogP contribution is -2.44. The van der Waals surface area contributed by atoms with Crippen LogP contribution in [0.3, 0.4) is 0 Å². The van der Waals surface area contributed by atoms with Gasteiger partial charge in [-0.2, -0.15) is 0 Å². The Balaban J connectivity index is 2.52. The second-order valence-corrected chi connectivity index (χ2v) is 3.66. The molecule has 0 saturated carbocycles. The van der Waals surface area contributed by atoms with E-state index in [2.05, 4.69) is 0 Å². The number of carbonyl (C=O) groups is 2. The lowest BCUT2D eigenvalue weighted by Gasteiger charge is -2.21. The van der Waals surface area contributed by atoms with Crippen LogP contribution in [-0.2, 0) is 16.1 Å². The molecule has 0 aliphatic heterocycles. The standard InChI is InChI=1S/C12H14FNO4/c1-14(10(7-13)11(15)16)12(17)18-8-9-5-3-2-4-6-9/h2-6,10H,7-8H2,1H3,(H,15,16). The summed E-state index contributed by atoms with van der Waals surface area (Å²) in [4.78, 5) is 22.9. The molecule has 0 radical (unpaired) electrons. The van der Waals surface area contributed by atoms with E-state index >= 15 is 0 Å². The number of benzene rings is 1. The zero-order chi connectivity index (χ0) is 13.5. The summed E-state index contributed by atoms with van der Waals surface area (Å²) < 4.78 is 17.3. The SMILES string of the molecule is CN(C(=O)OCc1ccccc1)C(CF)C(=O)O. The lowest BCUT2D eigenvalue weighted by molar-refractivity contribution is -0.142. The molecule has 0 aromatic heterocycles. The van der Waals surface area contributed by atoms with Gasteiger partial charge < -0.3 is 9.84 Å². The van der Waals surface area contributed by atoms with Crippen LogP contribution in [0.5, 0.6) is 0 Å². The van der Waals surface area contributed by atoms with Crippen LogP contribution in [0.15, 0.2) is 30.3 Å². The summed E-state index contributed by atoms with van der Waals surface area (Å²) in [6, 6.07) is 7.39. The number of hydrogen-bond acceptors (Lipinski definition) is 3. The van der Waals surface area contributed by atoms with E-state index in [0.29, 0.717) is 0 Å². The average molecular weight is 255 g/mol. The van der Waals surface area contributed by atoms with E-state index in [1.807, 2.05) is 6.07 Å². The summed E-state index contributed by atoms with van der Waals surface area (Å²) in [6.07, 6.45) is -0.871. The number of ether oxygens (including phenoxy) is 1. The minimum absolute atomic E-state index is 0.0165. The summed E-state index contributed by atoms with van der Waals surface area (Å²) in [5, 5.41) is 8.69. The molecule has 1 N–H and O–H groups in total. The zero-order valence-corrected chi connectivity index (χ0v) is 9.88. The number of amides is 1. The van der Waals surface area contributed by atoms with E-state index < -0.39 is 24.8 Å². The van der Waals surface area contributed by atoms with Crippen LogP contribution < -0.4 is 0 Å². The molecule has 0 aliphatic carbocycles. The molecule has 1 unspecified atom stereocenters. The number of hydrogen-bond donors (Lipinski definition) is 1. The number of likely N-dealkylation sites (N-methyl/N-ethyl adjacent to an activating group) is 1. The Morgan fingerprint density at radius 3 is 2.50 bits per heavy atom. The Hall–Kier alpha value is -2.11. The normalized spacial score (nSPS) is 11.7. The highest BCUT2D eigenvalue weighted by molar-refractivity contribution is 5.79. The number of carbonyl (C=O) groups excluding carboxylic acids is 1. The average Bonchev–Trinajstić information content (AvgIpc) is 2.37. The largest absolute Gasteiger partial charge is 0.480 e. The van der Waals surface area contributed by atoms with Gasteiger partial charge in [0, 0.05) is 7.05 Å². The Labute approximate surface area is 104 Å². The highest BCUT2D eigenvalue weighted by Crippen LogP contribution is 2.05. The van der Waals surface area contributed by atoms with E-state index in [9.17, 15) is 14.0 Å². The van der Waals surface area contributed by atoms with E-state index in [1.165, 1.54) is 7.05 Å². The number of nitrogens with zero attached hydrogens (tertiary/aromatic N) is 1. The van der Waals surface area contributed by atoms with Gasteiger partial charge in [0.05, 0.1) is 0 Å². The number of rotatable bonds is 5. The molecule has 98 valence electrons. The van der Waals surface area contributed by atoms with Gasteiger partial charge >= 0.3 is 12.1 Å². The van der Waals surface area contributed by atoms with Gasteiger partial charge in [-0.3, -0.25) is 4.90 Å². The maximum Gasteiger partial charge on any atom is 0.410 e. The molecule has 1 amide bonds. The first-order valence-corrected chi connectivity index (χ1v) is 5.28. The van der Waals surface area contributed by atoms with Crippen molar-refractivity contribution in [1.29, 1.82) is 0 Å². The van der Waals surface area contributed by atoms with Gasteiger partial charge in [-0.05, 0) is 5.56 Å². The van der Waals surface area contributed by atoms with Crippen molar-refractivity contribution in [2.75, 3.05) is 13.7 Å². The number of carboxylic acids is 1. The van der Waals surface area contributed by atoms with Crippen LogP contribution >= 0.6 is 0 Å². The Kier molecular flexibility index (Phi) is 5.10. The number of aliphatic carboxylic acids is 1. The zero-order valence-electron chi connectivity index (χ0n) is 9.88. The Morgan fingerprint density at radius 1 is 1.39 bits per heavy atom. The third-order valence-corrected chi connectivity index (χ3v) is 2.39. The molecule has 1 rings (SSSR count). The second kappa shape index (κ2) is 6.58. The fourth-order valence-electron chi connectivity index (χ4n) is 1.28. The molecule has 0 spiro atoms. The molecule has 6 heteroatoms. The van der Waals surface area contributed by atoms with Crippen LogP contribution in [0.4, 0.5) is 9.18 Å². The summed E-state index contributed by atoms with van der Waals surface area (Å²) >= 11 is 0. The maximum absolute atomic E-state index is 12.5. The minimum atomic E-state index is -1.52. The van der Waals surface area contributed by atoms with Gasteiger partial charge in [0.2, 0.25) is 0 Å². The molecule has 18 heavy (non-hydrogen) atoms. The molecule has 0 saturated heterocycles. The Morgan fingerprint density at radius 2 is 2.00 bits per heavy atom. The lowest BCUT2D eigenvalue weighted by atomic mass is 10.2. The molecule has 0 fully saturated rings. The minimum Gasteiger partial charge on any atom is -0.480 e. The predicted molar refractivity (Wildman–Crippen MR) is 61.8 cm³/mol. The summed E-state index contributed by atoms with van der Waals surface area (Å²) in [7, 11) is 1.19. The van der Waals surface area contributed by atoms with Gasteiger partial charge in [0.1, 0.15) is 13.3 Å². The van der Waals surface area contributed by atoms with Crippen molar-refractivity contribution in [2.45, 2.75) is 12.6 Å². The number of carboxylic acid groups (broad SMARTS) is 1. The first-order valence-electron chi connectivity index (χ1n) is 5.28.